The zero-order valence-corrected chi connectivity index (χ0v) is 5.69. The number of hydrogen-bond donors (Lipinski definition) is 0. The molecule has 1 heterocycles. The first-order chi connectivity index (χ1) is 3.93. The van der Waals surface area contributed by atoms with Gasteiger partial charge in [-0.05, 0) is 5.92 Å². The largest absolute Gasteiger partial charge is 0.109 e. The van der Waals surface area contributed by atoms with E-state index in [9.17, 15) is 0 Å². The molecule has 0 amide bonds. The summed E-state index contributed by atoms with van der Waals surface area (Å²) >= 11 is 0. The molecule has 0 spiro atoms. The Bertz CT molecular complexity index is 55.4. The fraction of sp³-hybridized carbons (Fsp3) is 1.00. The highest BCUT2D eigenvalue weighted by Gasteiger charge is 2.10. The molecule has 45 valence electrons. The van der Waals surface area contributed by atoms with E-state index in [0.717, 1.165) is 5.92 Å². The zero-order valence-electron chi connectivity index (χ0n) is 5.69. The maximum absolute atomic E-state index is 2.44. The summed E-state index contributed by atoms with van der Waals surface area (Å²) in [7, 11) is 2.44. The van der Waals surface area contributed by atoms with Crippen LogP contribution in [-0.4, -0.2) is 7.28 Å². The van der Waals surface area contributed by atoms with Crippen molar-refractivity contribution in [3.63, 3.8) is 0 Å². The highest BCUT2D eigenvalue weighted by Crippen LogP contribution is 2.22. The standard InChI is InChI=1S/C7H14B/c1-2-7-4-3-5-8-6-7/h7H,2-6H2,1H3. The topological polar surface area (TPSA) is 0 Å². The molecule has 1 aliphatic heterocycles. The van der Waals surface area contributed by atoms with Gasteiger partial charge in [-0.25, -0.2) is 0 Å². The summed E-state index contributed by atoms with van der Waals surface area (Å²) in [6.07, 6.45) is 7.06. The van der Waals surface area contributed by atoms with E-state index in [2.05, 4.69) is 14.2 Å². The van der Waals surface area contributed by atoms with Crippen LogP contribution in [0.25, 0.3) is 0 Å². The molecule has 0 aromatic rings. The minimum atomic E-state index is 1.03. The summed E-state index contributed by atoms with van der Waals surface area (Å²) in [4.78, 5) is 0. The molecule has 0 aromatic heterocycles. The molecule has 1 saturated heterocycles. The monoisotopic (exact) mass is 109 g/mol. The van der Waals surface area contributed by atoms with Crippen LogP contribution >= 0.6 is 0 Å². The molecule has 1 heteroatoms. The first-order valence-electron chi connectivity index (χ1n) is 3.75. The van der Waals surface area contributed by atoms with Crippen LogP contribution in [-0.2, 0) is 0 Å². The minimum absolute atomic E-state index is 1.03. The van der Waals surface area contributed by atoms with Gasteiger partial charge in [-0.3, -0.25) is 0 Å². The average molecular weight is 109 g/mol. The summed E-state index contributed by atoms with van der Waals surface area (Å²) in [5, 5.41) is 0. The molecule has 1 rings (SSSR count). The normalized spacial score (nSPS) is 29.4. The molecule has 8 heavy (non-hydrogen) atoms. The van der Waals surface area contributed by atoms with Crippen LogP contribution in [0.15, 0.2) is 0 Å². The first kappa shape index (κ1) is 6.19. The van der Waals surface area contributed by atoms with E-state index in [4.69, 9.17) is 0 Å². The molecule has 1 unspecified atom stereocenters. The molecule has 0 bridgehead atoms. The summed E-state index contributed by atoms with van der Waals surface area (Å²) in [5.41, 5.74) is 0. The van der Waals surface area contributed by atoms with Crippen LogP contribution < -0.4 is 0 Å². The van der Waals surface area contributed by atoms with E-state index >= 15 is 0 Å². The molecule has 0 aliphatic carbocycles. The lowest BCUT2D eigenvalue weighted by molar-refractivity contribution is 0.489. The summed E-state index contributed by atoms with van der Waals surface area (Å²) in [6, 6.07) is 0. The van der Waals surface area contributed by atoms with Gasteiger partial charge in [0.15, 0.2) is 0 Å². The second-order valence-corrected chi connectivity index (χ2v) is 2.73. The van der Waals surface area contributed by atoms with Gasteiger partial charge in [-0.1, -0.05) is 38.8 Å². The van der Waals surface area contributed by atoms with Gasteiger partial charge < -0.3 is 0 Å². The predicted molar refractivity (Wildman–Crippen MR) is 38.4 cm³/mol. The second kappa shape index (κ2) is 3.16. The van der Waals surface area contributed by atoms with Gasteiger partial charge in [0, 0.05) is 0 Å². The lowest BCUT2D eigenvalue weighted by Crippen LogP contribution is -2.08. The summed E-state index contributed by atoms with van der Waals surface area (Å²) < 4.78 is 0. The Kier molecular flexibility index (Phi) is 2.45. The molecule has 1 atom stereocenters. The zero-order chi connectivity index (χ0) is 5.82. The van der Waals surface area contributed by atoms with Crippen molar-refractivity contribution in [1.29, 1.82) is 0 Å². The van der Waals surface area contributed by atoms with E-state index in [1.165, 1.54) is 31.9 Å². The number of rotatable bonds is 1. The van der Waals surface area contributed by atoms with Crippen LogP contribution in [0.5, 0.6) is 0 Å². The Balaban J connectivity index is 2.13. The fourth-order valence-corrected chi connectivity index (χ4v) is 1.39. The number of hydrogen-bond acceptors (Lipinski definition) is 0. The van der Waals surface area contributed by atoms with Gasteiger partial charge in [-0.2, -0.15) is 0 Å². The Hall–Kier alpha value is 0.0649. The molecule has 0 aromatic carbocycles. The lowest BCUT2D eigenvalue weighted by atomic mass is 9.60. The quantitative estimate of drug-likeness (QED) is 0.453. The Morgan fingerprint density at radius 1 is 1.62 bits per heavy atom. The van der Waals surface area contributed by atoms with Crippen LogP contribution in [0.1, 0.15) is 26.2 Å². The van der Waals surface area contributed by atoms with E-state index in [-0.39, 0.29) is 0 Å². The van der Waals surface area contributed by atoms with Crippen LogP contribution in [0, 0.1) is 5.92 Å². The van der Waals surface area contributed by atoms with Crippen LogP contribution in [0.3, 0.4) is 0 Å². The highest BCUT2D eigenvalue weighted by atomic mass is 14.1. The fourth-order valence-electron chi connectivity index (χ4n) is 1.39. The average Bonchev–Trinajstić information content (AvgIpc) is 1.90. The van der Waals surface area contributed by atoms with E-state index in [0.29, 0.717) is 0 Å². The first-order valence-corrected chi connectivity index (χ1v) is 3.75. The molecule has 1 aliphatic rings. The van der Waals surface area contributed by atoms with Gasteiger partial charge in [0.1, 0.15) is 7.28 Å². The van der Waals surface area contributed by atoms with Gasteiger partial charge in [0.25, 0.3) is 0 Å². The SMILES string of the molecule is CCC1C[B]CCC1. The molecular formula is C7H14B. The Labute approximate surface area is 52.9 Å². The van der Waals surface area contributed by atoms with Crippen molar-refractivity contribution in [2.45, 2.75) is 38.8 Å². The lowest BCUT2D eigenvalue weighted by Gasteiger charge is -2.18. The van der Waals surface area contributed by atoms with Crippen molar-refractivity contribution in [3.8, 4) is 0 Å². The van der Waals surface area contributed by atoms with Gasteiger partial charge in [-0.15, -0.1) is 0 Å². The van der Waals surface area contributed by atoms with Gasteiger partial charge >= 0.3 is 0 Å². The van der Waals surface area contributed by atoms with Crippen molar-refractivity contribution in [2.24, 2.45) is 5.92 Å². The Morgan fingerprint density at radius 2 is 2.50 bits per heavy atom. The molecule has 0 nitrogen and oxygen atoms in total. The predicted octanol–water partition coefficient (Wildman–Crippen LogP) is 2.35. The van der Waals surface area contributed by atoms with Gasteiger partial charge in [0.2, 0.25) is 0 Å². The van der Waals surface area contributed by atoms with Gasteiger partial charge in [0.05, 0.1) is 0 Å². The molecule has 0 saturated carbocycles. The third kappa shape index (κ3) is 1.54. The molecule has 1 fully saturated rings. The van der Waals surface area contributed by atoms with Crippen LogP contribution in [0.4, 0.5) is 0 Å². The molecule has 0 N–H and O–H groups in total. The van der Waals surface area contributed by atoms with Crippen molar-refractivity contribution >= 4 is 7.28 Å². The second-order valence-electron chi connectivity index (χ2n) is 2.73. The minimum Gasteiger partial charge on any atom is -0.0803 e. The smallest absolute Gasteiger partial charge is 0.0803 e. The van der Waals surface area contributed by atoms with Crippen molar-refractivity contribution in [3.05, 3.63) is 0 Å². The molecular weight excluding hydrogens is 94.9 g/mol. The van der Waals surface area contributed by atoms with Crippen molar-refractivity contribution < 1.29 is 0 Å². The Morgan fingerprint density at radius 3 is 2.88 bits per heavy atom. The van der Waals surface area contributed by atoms with Crippen molar-refractivity contribution in [2.75, 3.05) is 0 Å². The highest BCUT2D eigenvalue weighted by molar-refractivity contribution is 6.35. The maximum Gasteiger partial charge on any atom is 0.109 e. The van der Waals surface area contributed by atoms with E-state index in [1.54, 1.807) is 0 Å². The third-order valence-electron chi connectivity index (χ3n) is 2.10. The maximum atomic E-state index is 2.44. The van der Waals surface area contributed by atoms with Crippen molar-refractivity contribution in [1.82, 2.24) is 0 Å². The van der Waals surface area contributed by atoms with E-state index < -0.39 is 0 Å². The summed E-state index contributed by atoms with van der Waals surface area (Å²) in [6.45, 7) is 2.30. The van der Waals surface area contributed by atoms with Crippen LogP contribution in [0.2, 0.25) is 12.6 Å². The molecule has 1 radical (unpaired) electrons. The summed E-state index contributed by atoms with van der Waals surface area (Å²) in [5.74, 6) is 1.03. The van der Waals surface area contributed by atoms with E-state index in [1.807, 2.05) is 0 Å². The third-order valence-corrected chi connectivity index (χ3v) is 2.10.